The first-order valence-electron chi connectivity index (χ1n) is 8.17. The normalized spacial score (nSPS) is 32.1. The second-order valence-electron chi connectivity index (χ2n) is 8.05. The molecule has 0 bridgehead atoms. The van der Waals surface area contributed by atoms with Crippen LogP contribution in [0.3, 0.4) is 0 Å². The number of hydrogen-bond donors (Lipinski definition) is 1. The van der Waals surface area contributed by atoms with Crippen molar-refractivity contribution in [3.05, 3.63) is 0 Å². The van der Waals surface area contributed by atoms with E-state index >= 15 is 0 Å². The molecule has 1 N–H and O–H groups in total. The summed E-state index contributed by atoms with van der Waals surface area (Å²) >= 11 is 0. The molecule has 2 saturated heterocycles. The first-order chi connectivity index (χ1) is 9.85. The first kappa shape index (κ1) is 15.1. The zero-order valence-electron chi connectivity index (χ0n) is 13.5. The van der Waals surface area contributed by atoms with E-state index in [0.29, 0.717) is 11.5 Å². The Morgan fingerprint density at radius 3 is 2.29 bits per heavy atom. The summed E-state index contributed by atoms with van der Waals surface area (Å²) in [7, 11) is 0. The number of nitrogens with zero attached hydrogens (tertiary/aromatic N) is 1. The molecule has 0 aromatic rings. The lowest BCUT2D eigenvalue weighted by atomic mass is 9.75. The highest BCUT2D eigenvalue weighted by Crippen LogP contribution is 2.41. The Kier molecular flexibility index (Phi) is 3.91. The Morgan fingerprint density at radius 1 is 1.19 bits per heavy atom. The number of hydrogen-bond acceptors (Lipinski definition) is 4. The fraction of sp³-hybridized carbons (Fsp3) is 0.938. The predicted molar refractivity (Wildman–Crippen MR) is 80.2 cm³/mol. The van der Waals surface area contributed by atoms with Gasteiger partial charge in [-0.1, -0.05) is 0 Å². The van der Waals surface area contributed by atoms with Crippen LogP contribution in [0.15, 0.2) is 0 Å². The van der Waals surface area contributed by atoms with Gasteiger partial charge in [0.2, 0.25) is 0 Å². The summed E-state index contributed by atoms with van der Waals surface area (Å²) in [5.41, 5.74) is 0.0870. The average molecular weight is 296 g/mol. The Labute approximate surface area is 127 Å². The van der Waals surface area contributed by atoms with E-state index in [1.807, 2.05) is 20.8 Å². The average Bonchev–Trinajstić information content (AvgIpc) is 2.24. The van der Waals surface area contributed by atoms with Gasteiger partial charge in [-0.15, -0.1) is 0 Å². The number of nitrogens with one attached hydrogen (secondary N) is 1. The van der Waals surface area contributed by atoms with Crippen LogP contribution in [0.1, 0.15) is 46.5 Å². The standard InChI is InChI=1S/C16H28N2O3/c1-15(2,3)21-14(19)17-12-4-6-13(7-5-12)18-8-16(9-18)10-20-11-16/h12-13H,4-11H2,1-3H3,(H,17,19)/t12-,13-. The van der Waals surface area contributed by atoms with E-state index in [9.17, 15) is 4.79 Å². The van der Waals surface area contributed by atoms with Crippen molar-refractivity contribution < 1.29 is 14.3 Å². The van der Waals surface area contributed by atoms with Crippen LogP contribution in [0.2, 0.25) is 0 Å². The largest absolute Gasteiger partial charge is 0.444 e. The fourth-order valence-electron chi connectivity index (χ4n) is 3.71. The number of rotatable bonds is 2. The zero-order chi connectivity index (χ0) is 15.1. The van der Waals surface area contributed by atoms with Crippen molar-refractivity contribution in [1.29, 1.82) is 0 Å². The van der Waals surface area contributed by atoms with Crippen LogP contribution in [0.25, 0.3) is 0 Å². The van der Waals surface area contributed by atoms with Gasteiger partial charge < -0.3 is 14.8 Å². The van der Waals surface area contributed by atoms with Crippen molar-refractivity contribution in [2.75, 3.05) is 26.3 Å². The van der Waals surface area contributed by atoms with E-state index < -0.39 is 5.60 Å². The predicted octanol–water partition coefficient (Wildman–Crippen LogP) is 2.15. The highest BCUT2D eigenvalue weighted by molar-refractivity contribution is 5.68. The van der Waals surface area contributed by atoms with Gasteiger partial charge in [0.15, 0.2) is 0 Å². The molecule has 0 radical (unpaired) electrons. The summed E-state index contributed by atoms with van der Waals surface area (Å²) in [6.45, 7) is 10.0. The van der Waals surface area contributed by atoms with E-state index in [-0.39, 0.29) is 12.1 Å². The molecular formula is C16H28N2O3. The van der Waals surface area contributed by atoms with Crippen molar-refractivity contribution in [2.45, 2.75) is 64.1 Å². The van der Waals surface area contributed by atoms with E-state index in [0.717, 1.165) is 26.1 Å². The fourth-order valence-corrected chi connectivity index (χ4v) is 3.71. The maximum Gasteiger partial charge on any atom is 0.407 e. The topological polar surface area (TPSA) is 50.8 Å². The van der Waals surface area contributed by atoms with Gasteiger partial charge in [0, 0.05) is 30.6 Å². The number of amides is 1. The van der Waals surface area contributed by atoms with Crippen molar-refractivity contribution in [3.8, 4) is 0 Å². The summed E-state index contributed by atoms with van der Waals surface area (Å²) in [6.07, 6.45) is 4.20. The number of likely N-dealkylation sites (tertiary alicyclic amines) is 1. The van der Waals surface area contributed by atoms with Crippen molar-refractivity contribution in [2.24, 2.45) is 5.41 Å². The van der Waals surface area contributed by atoms with Crippen LogP contribution in [-0.4, -0.2) is 55.0 Å². The van der Waals surface area contributed by atoms with Crippen LogP contribution < -0.4 is 5.32 Å². The van der Waals surface area contributed by atoms with Crippen LogP contribution >= 0.6 is 0 Å². The molecule has 21 heavy (non-hydrogen) atoms. The highest BCUT2D eigenvalue weighted by atomic mass is 16.6. The Morgan fingerprint density at radius 2 is 1.81 bits per heavy atom. The summed E-state index contributed by atoms with van der Waals surface area (Å²) in [4.78, 5) is 14.4. The van der Waals surface area contributed by atoms with Crippen molar-refractivity contribution in [1.82, 2.24) is 10.2 Å². The second kappa shape index (κ2) is 5.43. The summed E-state index contributed by atoms with van der Waals surface area (Å²) in [5.74, 6) is 0. The lowest BCUT2D eigenvalue weighted by Gasteiger charge is -2.58. The van der Waals surface area contributed by atoms with Gasteiger partial charge in [-0.25, -0.2) is 4.79 Å². The van der Waals surface area contributed by atoms with Crippen molar-refractivity contribution >= 4 is 6.09 Å². The van der Waals surface area contributed by atoms with E-state index in [4.69, 9.17) is 9.47 Å². The smallest absolute Gasteiger partial charge is 0.407 e. The zero-order valence-corrected chi connectivity index (χ0v) is 13.5. The molecule has 0 aromatic carbocycles. The molecule has 1 spiro atoms. The molecule has 5 nitrogen and oxygen atoms in total. The molecule has 2 heterocycles. The number of alkyl carbamates (subject to hydrolysis) is 1. The molecule has 0 aromatic heterocycles. The molecule has 0 atom stereocenters. The van der Waals surface area contributed by atoms with Gasteiger partial charge in [-0.3, -0.25) is 4.90 Å². The Balaban J connectivity index is 1.36. The Hall–Kier alpha value is -0.810. The lowest BCUT2D eigenvalue weighted by Crippen LogP contribution is -2.68. The second-order valence-corrected chi connectivity index (χ2v) is 8.05. The third-order valence-electron chi connectivity index (χ3n) is 4.83. The van der Waals surface area contributed by atoms with Gasteiger partial charge in [0.25, 0.3) is 0 Å². The van der Waals surface area contributed by atoms with Gasteiger partial charge in [-0.05, 0) is 46.5 Å². The van der Waals surface area contributed by atoms with Gasteiger partial charge in [-0.2, -0.15) is 0 Å². The van der Waals surface area contributed by atoms with Crippen LogP contribution in [0, 0.1) is 5.41 Å². The van der Waals surface area contributed by atoms with Gasteiger partial charge >= 0.3 is 6.09 Å². The molecule has 120 valence electrons. The number of carbonyl (C=O) groups is 1. The minimum absolute atomic E-state index is 0.276. The quantitative estimate of drug-likeness (QED) is 0.848. The molecule has 1 aliphatic carbocycles. The molecule has 0 unspecified atom stereocenters. The molecular weight excluding hydrogens is 268 g/mol. The Bertz CT molecular complexity index is 385. The summed E-state index contributed by atoms with van der Waals surface area (Å²) in [5, 5.41) is 3.01. The number of ether oxygens (including phenoxy) is 2. The van der Waals surface area contributed by atoms with E-state index in [1.54, 1.807) is 0 Å². The minimum atomic E-state index is -0.419. The molecule has 3 aliphatic rings. The van der Waals surface area contributed by atoms with E-state index in [1.165, 1.54) is 25.9 Å². The monoisotopic (exact) mass is 296 g/mol. The van der Waals surface area contributed by atoms with Crippen molar-refractivity contribution in [3.63, 3.8) is 0 Å². The maximum absolute atomic E-state index is 11.8. The molecule has 3 rings (SSSR count). The first-order valence-corrected chi connectivity index (χ1v) is 8.17. The minimum Gasteiger partial charge on any atom is -0.444 e. The lowest BCUT2D eigenvalue weighted by molar-refractivity contribution is -0.200. The molecule has 1 amide bonds. The van der Waals surface area contributed by atoms with Gasteiger partial charge in [0.05, 0.1) is 13.2 Å². The van der Waals surface area contributed by atoms with Crippen LogP contribution in [0.4, 0.5) is 4.79 Å². The molecule has 5 heteroatoms. The number of carbonyl (C=O) groups excluding carboxylic acids is 1. The summed E-state index contributed by atoms with van der Waals surface area (Å²) in [6, 6.07) is 0.978. The third kappa shape index (κ3) is 3.51. The highest BCUT2D eigenvalue weighted by Gasteiger charge is 2.50. The van der Waals surface area contributed by atoms with Gasteiger partial charge in [0.1, 0.15) is 5.60 Å². The molecule has 3 fully saturated rings. The van der Waals surface area contributed by atoms with E-state index in [2.05, 4.69) is 10.2 Å². The molecule has 2 aliphatic heterocycles. The van der Waals surface area contributed by atoms with Crippen LogP contribution in [0.5, 0.6) is 0 Å². The maximum atomic E-state index is 11.8. The third-order valence-corrected chi connectivity index (χ3v) is 4.83. The summed E-state index contributed by atoms with van der Waals surface area (Å²) < 4.78 is 10.7. The SMILES string of the molecule is CC(C)(C)OC(=O)N[C@H]1CC[C@H](N2CC3(COC3)C2)CC1. The van der Waals surface area contributed by atoms with Crippen LogP contribution in [-0.2, 0) is 9.47 Å². The molecule has 1 saturated carbocycles.